The molecule has 1 aromatic heterocycles. The minimum absolute atomic E-state index is 0.199. The van der Waals surface area contributed by atoms with Crippen LogP contribution in [0.5, 0.6) is 0 Å². The van der Waals surface area contributed by atoms with Crippen molar-refractivity contribution >= 4 is 17.6 Å². The maximum absolute atomic E-state index is 10.3. The lowest BCUT2D eigenvalue weighted by Gasteiger charge is -2.03. The Morgan fingerprint density at radius 2 is 2.58 bits per heavy atom. The molecule has 1 heterocycles. The molecule has 1 N–H and O–H groups in total. The Balaban J connectivity index is 2.58. The first kappa shape index (κ1) is 9.06. The average Bonchev–Trinajstić information content (AvgIpc) is 2.35. The topological polar surface area (TPSA) is 55.1 Å². The summed E-state index contributed by atoms with van der Waals surface area (Å²) in [7, 11) is 0. The predicted octanol–water partition coefficient (Wildman–Crippen LogP) is 0.884. The Bertz CT molecular complexity index is 285. The first-order valence-electron chi connectivity index (χ1n) is 3.46. The molecule has 4 nitrogen and oxygen atoms in total. The lowest BCUT2D eigenvalue weighted by Crippen LogP contribution is -2.20. The van der Waals surface area contributed by atoms with E-state index in [0.29, 0.717) is 0 Å². The molecule has 0 fully saturated rings. The molecule has 12 heavy (non-hydrogen) atoms. The van der Waals surface area contributed by atoms with Crippen LogP contribution in [0.3, 0.4) is 0 Å². The molecule has 0 bridgehead atoms. The van der Waals surface area contributed by atoms with Crippen LogP contribution in [-0.2, 0) is 11.3 Å². The highest BCUT2D eigenvalue weighted by molar-refractivity contribution is 6.29. The van der Waals surface area contributed by atoms with E-state index in [1.807, 2.05) is 6.92 Å². The van der Waals surface area contributed by atoms with Gasteiger partial charge >= 0.3 is 5.97 Å². The number of carbonyl (C=O) groups is 1. The normalized spacial score (nSPS) is 12.8. The Labute approximate surface area is 74.8 Å². The van der Waals surface area contributed by atoms with E-state index >= 15 is 0 Å². The van der Waals surface area contributed by atoms with E-state index in [0.717, 1.165) is 5.69 Å². The number of alkyl halides is 1. The maximum Gasteiger partial charge on any atom is 0.323 e. The molecule has 1 atom stereocenters. The standard InChI is InChI=1S/C7H9ClN2O2/c1-5-2-3-10(9-5)4-6(8)7(11)12/h2-3,6H,4H2,1H3,(H,11,12). The Morgan fingerprint density at radius 1 is 1.92 bits per heavy atom. The number of aliphatic carboxylic acids is 1. The molecule has 0 saturated carbocycles. The minimum atomic E-state index is -1.02. The monoisotopic (exact) mass is 188 g/mol. The van der Waals surface area contributed by atoms with Gasteiger partial charge in [0.05, 0.1) is 12.2 Å². The van der Waals surface area contributed by atoms with Crippen molar-refractivity contribution in [3.63, 3.8) is 0 Å². The minimum Gasteiger partial charge on any atom is -0.480 e. The second-order valence-corrected chi connectivity index (χ2v) is 3.01. The van der Waals surface area contributed by atoms with Crippen LogP contribution in [0, 0.1) is 6.92 Å². The molecule has 0 spiro atoms. The van der Waals surface area contributed by atoms with Crippen molar-refractivity contribution in [1.29, 1.82) is 0 Å². The van der Waals surface area contributed by atoms with Gasteiger partial charge in [0.1, 0.15) is 0 Å². The first-order valence-corrected chi connectivity index (χ1v) is 3.90. The van der Waals surface area contributed by atoms with Gasteiger partial charge in [-0.2, -0.15) is 5.10 Å². The molecule has 0 saturated heterocycles. The highest BCUT2D eigenvalue weighted by Gasteiger charge is 2.13. The number of aromatic nitrogens is 2. The van der Waals surface area contributed by atoms with Crippen molar-refractivity contribution in [3.05, 3.63) is 18.0 Å². The maximum atomic E-state index is 10.3. The molecule has 1 rings (SSSR count). The molecule has 0 aliphatic carbocycles. The van der Waals surface area contributed by atoms with Crippen molar-refractivity contribution in [2.75, 3.05) is 0 Å². The summed E-state index contributed by atoms with van der Waals surface area (Å²) in [5.41, 5.74) is 0.851. The lowest BCUT2D eigenvalue weighted by atomic mass is 10.4. The van der Waals surface area contributed by atoms with Crippen molar-refractivity contribution in [1.82, 2.24) is 9.78 Å². The van der Waals surface area contributed by atoms with E-state index in [1.54, 1.807) is 12.3 Å². The number of carboxylic acid groups (broad SMARTS) is 1. The van der Waals surface area contributed by atoms with Crippen molar-refractivity contribution < 1.29 is 9.90 Å². The summed E-state index contributed by atoms with van der Waals surface area (Å²) >= 11 is 5.50. The summed E-state index contributed by atoms with van der Waals surface area (Å²) in [4.78, 5) is 10.3. The third-order valence-electron chi connectivity index (χ3n) is 1.39. The predicted molar refractivity (Wildman–Crippen MR) is 44.2 cm³/mol. The third-order valence-corrected chi connectivity index (χ3v) is 1.71. The zero-order valence-corrected chi connectivity index (χ0v) is 7.32. The van der Waals surface area contributed by atoms with Crippen LogP contribution in [-0.4, -0.2) is 26.2 Å². The summed E-state index contributed by atoms with van der Waals surface area (Å²) in [6.07, 6.45) is 1.70. The summed E-state index contributed by atoms with van der Waals surface area (Å²) in [6, 6.07) is 1.80. The van der Waals surface area contributed by atoms with Gasteiger partial charge in [-0.3, -0.25) is 9.48 Å². The molecule has 0 aromatic carbocycles. The second-order valence-electron chi connectivity index (χ2n) is 2.48. The quantitative estimate of drug-likeness (QED) is 0.717. The van der Waals surface area contributed by atoms with E-state index in [4.69, 9.17) is 16.7 Å². The van der Waals surface area contributed by atoms with Crippen LogP contribution in [0.1, 0.15) is 5.69 Å². The van der Waals surface area contributed by atoms with Gasteiger partial charge in [0, 0.05) is 6.20 Å². The number of halogens is 1. The van der Waals surface area contributed by atoms with Crippen LogP contribution in [0.15, 0.2) is 12.3 Å². The van der Waals surface area contributed by atoms with Crippen LogP contribution < -0.4 is 0 Å². The van der Waals surface area contributed by atoms with Gasteiger partial charge in [0.25, 0.3) is 0 Å². The zero-order chi connectivity index (χ0) is 9.14. The Kier molecular flexibility index (Phi) is 2.70. The summed E-state index contributed by atoms with van der Waals surface area (Å²) in [5.74, 6) is -1.02. The Morgan fingerprint density at radius 3 is 3.00 bits per heavy atom. The van der Waals surface area contributed by atoms with E-state index in [-0.39, 0.29) is 6.54 Å². The fraction of sp³-hybridized carbons (Fsp3) is 0.429. The number of rotatable bonds is 3. The number of aryl methyl sites for hydroxylation is 1. The van der Waals surface area contributed by atoms with Gasteiger partial charge < -0.3 is 5.11 Å². The van der Waals surface area contributed by atoms with E-state index in [9.17, 15) is 4.79 Å². The van der Waals surface area contributed by atoms with Crippen LogP contribution in [0.4, 0.5) is 0 Å². The summed E-state index contributed by atoms with van der Waals surface area (Å²) in [5, 5.41) is 11.6. The van der Waals surface area contributed by atoms with Crippen LogP contribution >= 0.6 is 11.6 Å². The molecule has 0 radical (unpaired) electrons. The molecule has 0 aliphatic heterocycles. The van der Waals surface area contributed by atoms with Gasteiger partial charge in [-0.25, -0.2) is 0 Å². The summed E-state index contributed by atoms with van der Waals surface area (Å²) in [6.45, 7) is 2.03. The molecule has 5 heteroatoms. The highest BCUT2D eigenvalue weighted by atomic mass is 35.5. The second kappa shape index (κ2) is 3.58. The largest absolute Gasteiger partial charge is 0.480 e. The fourth-order valence-corrected chi connectivity index (χ4v) is 0.949. The highest BCUT2D eigenvalue weighted by Crippen LogP contribution is 2.01. The molecule has 1 aromatic rings. The van der Waals surface area contributed by atoms with Gasteiger partial charge in [0.2, 0.25) is 0 Å². The SMILES string of the molecule is Cc1ccn(CC(Cl)C(=O)O)n1. The molecule has 0 amide bonds. The van der Waals surface area contributed by atoms with Crippen molar-refractivity contribution in [3.8, 4) is 0 Å². The molecule has 66 valence electrons. The molecule has 1 unspecified atom stereocenters. The first-order chi connectivity index (χ1) is 5.59. The average molecular weight is 189 g/mol. The fourth-order valence-electron chi connectivity index (χ4n) is 0.807. The molecule has 0 aliphatic rings. The van der Waals surface area contributed by atoms with Crippen LogP contribution in [0.25, 0.3) is 0 Å². The van der Waals surface area contributed by atoms with Gasteiger partial charge in [-0.05, 0) is 13.0 Å². The lowest BCUT2D eigenvalue weighted by molar-refractivity contribution is -0.136. The smallest absolute Gasteiger partial charge is 0.323 e. The molecular formula is C7H9ClN2O2. The van der Waals surface area contributed by atoms with Crippen molar-refractivity contribution in [2.45, 2.75) is 18.8 Å². The molecular weight excluding hydrogens is 180 g/mol. The number of hydrogen-bond acceptors (Lipinski definition) is 2. The number of nitrogens with zero attached hydrogens (tertiary/aromatic N) is 2. The van der Waals surface area contributed by atoms with E-state index in [2.05, 4.69) is 5.10 Å². The van der Waals surface area contributed by atoms with Gasteiger partial charge in [-0.15, -0.1) is 11.6 Å². The number of hydrogen-bond donors (Lipinski definition) is 1. The van der Waals surface area contributed by atoms with Gasteiger partial charge in [0.15, 0.2) is 5.38 Å². The number of carboxylic acids is 1. The van der Waals surface area contributed by atoms with E-state index in [1.165, 1.54) is 4.68 Å². The summed E-state index contributed by atoms with van der Waals surface area (Å²) < 4.78 is 1.52. The third kappa shape index (κ3) is 2.23. The Hall–Kier alpha value is -1.03. The van der Waals surface area contributed by atoms with Gasteiger partial charge in [-0.1, -0.05) is 0 Å². The zero-order valence-electron chi connectivity index (χ0n) is 6.57. The van der Waals surface area contributed by atoms with Crippen LogP contribution in [0.2, 0.25) is 0 Å². The van der Waals surface area contributed by atoms with Crippen molar-refractivity contribution in [2.24, 2.45) is 0 Å². The van der Waals surface area contributed by atoms with E-state index < -0.39 is 11.3 Å².